The van der Waals surface area contributed by atoms with E-state index in [4.69, 9.17) is 0 Å². The van der Waals surface area contributed by atoms with Gasteiger partial charge in [0.15, 0.2) is 0 Å². The first-order valence-electron chi connectivity index (χ1n) is 4.03. The minimum atomic E-state index is -0.558. The topological polar surface area (TPSA) is 37.3 Å². The Labute approximate surface area is 87.2 Å². The normalized spacial score (nSPS) is 15.3. The lowest BCUT2D eigenvalue weighted by atomic mass is 9.95. The van der Waals surface area contributed by atoms with Gasteiger partial charge in [0.25, 0.3) is 0 Å². The summed E-state index contributed by atoms with van der Waals surface area (Å²) in [5, 5.41) is 9.56. The van der Waals surface area contributed by atoms with Crippen LogP contribution in [0.25, 0.3) is 0 Å². The molecule has 0 aromatic rings. The van der Waals surface area contributed by atoms with Gasteiger partial charge >= 0.3 is 0 Å². The van der Waals surface area contributed by atoms with Gasteiger partial charge in [-0.05, 0) is 39.5 Å². The Bertz CT molecular complexity index is 163. The molecule has 2 atom stereocenters. The highest BCUT2D eigenvalue weighted by Crippen LogP contribution is 2.23. The molecular formula is C9H15IO2. The van der Waals surface area contributed by atoms with E-state index >= 15 is 0 Å². The maximum Gasteiger partial charge on any atom is 0.140 e. The fraction of sp³-hybridized carbons (Fsp3) is 0.667. The molecule has 70 valence electrons. The third kappa shape index (κ3) is 3.67. The van der Waals surface area contributed by atoms with Gasteiger partial charge in [-0.3, -0.25) is 4.79 Å². The van der Waals surface area contributed by atoms with Crippen molar-refractivity contribution < 1.29 is 9.90 Å². The molecule has 0 spiro atoms. The third-order valence-corrected chi connectivity index (χ3v) is 2.42. The van der Waals surface area contributed by atoms with E-state index in [-0.39, 0.29) is 11.7 Å². The van der Waals surface area contributed by atoms with Crippen LogP contribution in [0.15, 0.2) is 10.2 Å². The SMILES string of the molecule is C=C(I)[C@H](C(C)=O)C(O)CCC. The molecule has 0 bridgehead atoms. The maximum absolute atomic E-state index is 11.1. The van der Waals surface area contributed by atoms with Crippen LogP contribution >= 0.6 is 22.6 Å². The van der Waals surface area contributed by atoms with Gasteiger partial charge in [-0.1, -0.05) is 19.9 Å². The largest absolute Gasteiger partial charge is 0.392 e. The molecule has 0 radical (unpaired) electrons. The van der Waals surface area contributed by atoms with E-state index in [2.05, 4.69) is 6.58 Å². The van der Waals surface area contributed by atoms with Crippen LogP contribution in [-0.4, -0.2) is 17.0 Å². The van der Waals surface area contributed by atoms with Crippen molar-refractivity contribution in [3.05, 3.63) is 10.2 Å². The van der Waals surface area contributed by atoms with Gasteiger partial charge in [-0.15, -0.1) is 0 Å². The summed E-state index contributed by atoms with van der Waals surface area (Å²) < 4.78 is 0.723. The lowest BCUT2D eigenvalue weighted by molar-refractivity contribution is -0.122. The number of carbonyl (C=O) groups excluding carboxylic acids is 1. The summed E-state index contributed by atoms with van der Waals surface area (Å²) >= 11 is 2.00. The molecule has 12 heavy (non-hydrogen) atoms. The second-order valence-electron chi connectivity index (χ2n) is 2.89. The summed E-state index contributed by atoms with van der Waals surface area (Å²) in [6, 6.07) is 0. The van der Waals surface area contributed by atoms with Crippen LogP contribution in [0.4, 0.5) is 0 Å². The zero-order valence-corrected chi connectivity index (χ0v) is 9.67. The Kier molecular flexibility index (Phi) is 5.74. The number of halogens is 1. The predicted octanol–water partition coefficient (Wildman–Crippen LogP) is 2.30. The highest BCUT2D eigenvalue weighted by atomic mass is 127. The molecule has 0 amide bonds. The minimum Gasteiger partial charge on any atom is -0.392 e. The summed E-state index contributed by atoms with van der Waals surface area (Å²) in [4.78, 5) is 11.1. The first kappa shape index (κ1) is 12.1. The van der Waals surface area contributed by atoms with Gasteiger partial charge < -0.3 is 5.11 Å². The number of carbonyl (C=O) groups is 1. The monoisotopic (exact) mass is 282 g/mol. The van der Waals surface area contributed by atoms with Crippen molar-refractivity contribution in [3.63, 3.8) is 0 Å². The molecule has 0 aliphatic heterocycles. The van der Waals surface area contributed by atoms with Crippen molar-refractivity contribution in [2.24, 2.45) is 5.92 Å². The summed E-state index contributed by atoms with van der Waals surface area (Å²) in [5.74, 6) is -0.388. The molecule has 3 heteroatoms. The number of rotatable bonds is 5. The first-order chi connectivity index (χ1) is 5.50. The third-order valence-electron chi connectivity index (χ3n) is 1.74. The number of aliphatic hydroxyl groups is 1. The molecule has 0 saturated carbocycles. The van der Waals surface area contributed by atoms with Gasteiger partial charge in [0, 0.05) is 0 Å². The summed E-state index contributed by atoms with van der Waals surface area (Å²) in [7, 11) is 0. The highest BCUT2D eigenvalue weighted by molar-refractivity contribution is 14.1. The smallest absolute Gasteiger partial charge is 0.140 e. The lowest BCUT2D eigenvalue weighted by Gasteiger charge is -2.18. The Hall–Kier alpha value is 0.1000. The second kappa shape index (κ2) is 5.70. The lowest BCUT2D eigenvalue weighted by Crippen LogP contribution is -2.26. The molecule has 1 N–H and O–H groups in total. The van der Waals surface area contributed by atoms with E-state index in [1.165, 1.54) is 6.92 Å². The quantitative estimate of drug-likeness (QED) is 0.786. The maximum atomic E-state index is 11.1. The number of aliphatic hydroxyl groups excluding tert-OH is 1. The number of Topliss-reactive ketones (excluding diaryl/α,β-unsaturated/α-hetero) is 1. The summed E-state index contributed by atoms with van der Waals surface area (Å²) in [6.45, 7) is 7.16. The van der Waals surface area contributed by atoms with Crippen molar-refractivity contribution in [2.45, 2.75) is 32.8 Å². The van der Waals surface area contributed by atoms with E-state index < -0.39 is 6.10 Å². The van der Waals surface area contributed by atoms with Crippen LogP contribution in [-0.2, 0) is 4.79 Å². The average Bonchev–Trinajstić information content (AvgIpc) is 1.85. The van der Waals surface area contributed by atoms with Crippen molar-refractivity contribution in [1.29, 1.82) is 0 Å². The molecular weight excluding hydrogens is 267 g/mol. The number of hydrogen-bond donors (Lipinski definition) is 1. The Morgan fingerprint density at radius 2 is 2.17 bits per heavy atom. The van der Waals surface area contributed by atoms with E-state index in [0.717, 1.165) is 10.0 Å². The first-order valence-corrected chi connectivity index (χ1v) is 5.11. The zero-order valence-electron chi connectivity index (χ0n) is 7.51. The molecule has 1 unspecified atom stereocenters. The van der Waals surface area contributed by atoms with Gasteiger partial charge in [0.2, 0.25) is 0 Å². The van der Waals surface area contributed by atoms with E-state index in [1.807, 2.05) is 29.5 Å². The fourth-order valence-corrected chi connectivity index (χ4v) is 2.02. The minimum absolute atomic E-state index is 0.00431. The van der Waals surface area contributed by atoms with Gasteiger partial charge in [-0.25, -0.2) is 0 Å². The second-order valence-corrected chi connectivity index (χ2v) is 4.28. The Morgan fingerprint density at radius 1 is 1.67 bits per heavy atom. The van der Waals surface area contributed by atoms with Crippen LogP contribution in [0.5, 0.6) is 0 Å². The number of ketones is 1. The van der Waals surface area contributed by atoms with E-state index in [0.29, 0.717) is 6.42 Å². The molecule has 0 aliphatic rings. The van der Waals surface area contributed by atoms with Crippen molar-refractivity contribution in [3.8, 4) is 0 Å². The average molecular weight is 282 g/mol. The molecule has 0 aromatic carbocycles. The molecule has 0 aromatic heterocycles. The zero-order chi connectivity index (χ0) is 9.72. The van der Waals surface area contributed by atoms with Gasteiger partial charge in [0.1, 0.15) is 5.78 Å². The predicted molar refractivity (Wildman–Crippen MR) is 58.2 cm³/mol. The summed E-state index contributed by atoms with van der Waals surface area (Å²) in [5.41, 5.74) is 0. The van der Waals surface area contributed by atoms with Crippen LogP contribution in [0.3, 0.4) is 0 Å². The van der Waals surface area contributed by atoms with Crippen LogP contribution in [0, 0.1) is 5.92 Å². The molecule has 0 heterocycles. The van der Waals surface area contributed by atoms with E-state index in [1.54, 1.807) is 0 Å². The van der Waals surface area contributed by atoms with Crippen molar-refractivity contribution in [1.82, 2.24) is 0 Å². The van der Waals surface area contributed by atoms with Crippen molar-refractivity contribution >= 4 is 28.4 Å². The molecule has 0 rings (SSSR count). The molecule has 0 saturated heterocycles. The standard InChI is InChI=1S/C9H15IO2/c1-4-5-8(12)9(6(2)10)7(3)11/h8-9,12H,2,4-5H2,1,3H3/t8?,9-/m1/s1. The van der Waals surface area contributed by atoms with Crippen LogP contribution in [0.1, 0.15) is 26.7 Å². The van der Waals surface area contributed by atoms with Crippen LogP contribution in [0.2, 0.25) is 0 Å². The van der Waals surface area contributed by atoms with Crippen molar-refractivity contribution in [2.75, 3.05) is 0 Å². The summed E-state index contributed by atoms with van der Waals surface area (Å²) in [6.07, 6.45) is 0.984. The highest BCUT2D eigenvalue weighted by Gasteiger charge is 2.24. The Morgan fingerprint density at radius 3 is 2.42 bits per heavy atom. The molecule has 0 fully saturated rings. The van der Waals surface area contributed by atoms with Crippen LogP contribution < -0.4 is 0 Å². The molecule has 2 nitrogen and oxygen atoms in total. The van der Waals surface area contributed by atoms with Gasteiger partial charge in [0.05, 0.1) is 12.0 Å². The fourth-order valence-electron chi connectivity index (χ4n) is 1.16. The van der Waals surface area contributed by atoms with Gasteiger partial charge in [-0.2, -0.15) is 0 Å². The number of hydrogen-bond acceptors (Lipinski definition) is 2. The Balaban J connectivity index is 4.29. The van der Waals surface area contributed by atoms with E-state index in [9.17, 15) is 9.90 Å². The molecule has 0 aliphatic carbocycles.